The van der Waals surface area contributed by atoms with Gasteiger partial charge in [-0.3, -0.25) is 0 Å². The lowest BCUT2D eigenvalue weighted by molar-refractivity contribution is 0.365. The van der Waals surface area contributed by atoms with E-state index in [4.69, 9.17) is 9.26 Å². The molecule has 0 fully saturated rings. The molecule has 0 saturated carbocycles. The van der Waals surface area contributed by atoms with Gasteiger partial charge in [-0.05, 0) is 49.4 Å². The molecule has 0 aliphatic heterocycles. The SMILES string of the molecule is COc1ccc2c(c1)CCCC2NCCc1nc(C)no1. The highest BCUT2D eigenvalue weighted by atomic mass is 16.5. The summed E-state index contributed by atoms with van der Waals surface area (Å²) in [5.74, 6) is 2.33. The Bertz CT molecular complexity index is 609. The van der Waals surface area contributed by atoms with Crippen LogP contribution in [0, 0.1) is 6.92 Å². The number of hydrogen-bond donors (Lipinski definition) is 1. The first-order valence-corrected chi connectivity index (χ1v) is 7.45. The summed E-state index contributed by atoms with van der Waals surface area (Å²) in [5, 5.41) is 7.41. The van der Waals surface area contributed by atoms with Crippen LogP contribution in [0.5, 0.6) is 5.75 Å². The quantitative estimate of drug-likeness (QED) is 0.916. The molecule has 0 bridgehead atoms. The van der Waals surface area contributed by atoms with Crippen LogP contribution in [0.3, 0.4) is 0 Å². The standard InChI is InChI=1S/C16H21N3O2/c1-11-18-16(21-19-11)8-9-17-15-5-3-4-12-10-13(20-2)6-7-14(12)15/h6-7,10,15,17H,3-5,8-9H2,1-2H3. The molecule has 21 heavy (non-hydrogen) atoms. The Kier molecular flexibility index (Phi) is 4.20. The number of nitrogens with zero attached hydrogens (tertiary/aromatic N) is 2. The largest absolute Gasteiger partial charge is 0.497 e. The monoisotopic (exact) mass is 287 g/mol. The highest BCUT2D eigenvalue weighted by molar-refractivity contribution is 5.39. The first-order chi connectivity index (χ1) is 10.3. The summed E-state index contributed by atoms with van der Waals surface area (Å²) in [5.41, 5.74) is 2.79. The van der Waals surface area contributed by atoms with Crippen LogP contribution in [-0.2, 0) is 12.8 Å². The number of rotatable bonds is 5. The van der Waals surface area contributed by atoms with Crippen molar-refractivity contribution in [3.8, 4) is 5.75 Å². The second-order valence-electron chi connectivity index (χ2n) is 5.45. The molecule has 1 aromatic heterocycles. The smallest absolute Gasteiger partial charge is 0.227 e. The van der Waals surface area contributed by atoms with Crippen LogP contribution in [-0.4, -0.2) is 23.8 Å². The third kappa shape index (κ3) is 3.24. The molecule has 1 aliphatic rings. The topological polar surface area (TPSA) is 60.2 Å². The Morgan fingerprint density at radius 2 is 2.33 bits per heavy atom. The van der Waals surface area contributed by atoms with E-state index in [2.05, 4.69) is 27.6 Å². The van der Waals surface area contributed by atoms with E-state index >= 15 is 0 Å². The fourth-order valence-corrected chi connectivity index (χ4v) is 2.92. The van der Waals surface area contributed by atoms with Crippen molar-refractivity contribution in [2.45, 2.75) is 38.6 Å². The Morgan fingerprint density at radius 3 is 3.10 bits per heavy atom. The van der Waals surface area contributed by atoms with Gasteiger partial charge in [0, 0.05) is 19.0 Å². The average Bonchev–Trinajstić information content (AvgIpc) is 2.92. The highest BCUT2D eigenvalue weighted by Gasteiger charge is 2.20. The van der Waals surface area contributed by atoms with E-state index in [1.54, 1.807) is 7.11 Å². The molecule has 0 spiro atoms. The molecule has 1 aromatic carbocycles. The average molecular weight is 287 g/mol. The minimum Gasteiger partial charge on any atom is -0.497 e. The molecule has 1 N–H and O–H groups in total. The van der Waals surface area contributed by atoms with Gasteiger partial charge in [-0.25, -0.2) is 0 Å². The summed E-state index contributed by atoms with van der Waals surface area (Å²) in [6.45, 7) is 2.68. The van der Waals surface area contributed by atoms with Gasteiger partial charge < -0.3 is 14.6 Å². The van der Waals surface area contributed by atoms with Crippen LogP contribution in [0.4, 0.5) is 0 Å². The Hall–Kier alpha value is -1.88. The lowest BCUT2D eigenvalue weighted by Gasteiger charge is -2.26. The van der Waals surface area contributed by atoms with Gasteiger partial charge in [0.05, 0.1) is 7.11 Å². The molecule has 3 rings (SSSR count). The Morgan fingerprint density at radius 1 is 1.43 bits per heavy atom. The molecule has 5 heteroatoms. The van der Waals surface area contributed by atoms with Crippen LogP contribution in [0.25, 0.3) is 0 Å². The summed E-state index contributed by atoms with van der Waals surface area (Å²) >= 11 is 0. The van der Waals surface area contributed by atoms with Gasteiger partial charge in [0.15, 0.2) is 5.82 Å². The minimum atomic E-state index is 0.406. The van der Waals surface area contributed by atoms with E-state index in [1.807, 2.05) is 13.0 Å². The third-order valence-electron chi connectivity index (χ3n) is 3.96. The first kappa shape index (κ1) is 14.1. The van der Waals surface area contributed by atoms with Crippen LogP contribution >= 0.6 is 0 Å². The van der Waals surface area contributed by atoms with Gasteiger partial charge in [0.1, 0.15) is 5.75 Å². The summed E-state index contributed by atoms with van der Waals surface area (Å²) in [7, 11) is 1.71. The Balaban J connectivity index is 1.62. The molecule has 1 aliphatic carbocycles. The first-order valence-electron chi connectivity index (χ1n) is 7.45. The van der Waals surface area contributed by atoms with E-state index in [9.17, 15) is 0 Å². The maximum atomic E-state index is 5.31. The molecule has 0 saturated heterocycles. The van der Waals surface area contributed by atoms with Crippen molar-refractivity contribution in [1.82, 2.24) is 15.5 Å². The molecular weight excluding hydrogens is 266 g/mol. The second-order valence-corrected chi connectivity index (χ2v) is 5.45. The van der Waals surface area contributed by atoms with Crippen molar-refractivity contribution in [2.24, 2.45) is 0 Å². The van der Waals surface area contributed by atoms with Gasteiger partial charge in [-0.1, -0.05) is 11.2 Å². The van der Waals surface area contributed by atoms with E-state index in [0.717, 1.165) is 25.1 Å². The molecule has 0 amide bonds. The molecule has 112 valence electrons. The maximum absolute atomic E-state index is 5.31. The van der Waals surface area contributed by atoms with E-state index in [1.165, 1.54) is 24.0 Å². The maximum Gasteiger partial charge on any atom is 0.227 e. The molecule has 1 atom stereocenters. The zero-order valence-corrected chi connectivity index (χ0v) is 12.6. The third-order valence-corrected chi connectivity index (χ3v) is 3.96. The molecule has 5 nitrogen and oxygen atoms in total. The Labute approximate surface area is 124 Å². The molecule has 0 radical (unpaired) electrons. The van der Waals surface area contributed by atoms with Gasteiger partial charge in [-0.2, -0.15) is 4.98 Å². The molecule has 2 aromatic rings. The van der Waals surface area contributed by atoms with Gasteiger partial charge in [-0.15, -0.1) is 0 Å². The number of benzene rings is 1. The minimum absolute atomic E-state index is 0.406. The van der Waals surface area contributed by atoms with Crippen LogP contribution < -0.4 is 10.1 Å². The lowest BCUT2D eigenvalue weighted by atomic mass is 9.87. The van der Waals surface area contributed by atoms with Gasteiger partial charge in [0.25, 0.3) is 0 Å². The van der Waals surface area contributed by atoms with Crippen molar-refractivity contribution in [3.63, 3.8) is 0 Å². The zero-order valence-electron chi connectivity index (χ0n) is 12.6. The predicted octanol–water partition coefficient (Wildman–Crippen LogP) is 2.60. The van der Waals surface area contributed by atoms with Gasteiger partial charge in [0.2, 0.25) is 5.89 Å². The molecule has 1 heterocycles. The number of aromatic nitrogens is 2. The fourth-order valence-electron chi connectivity index (χ4n) is 2.92. The number of nitrogens with one attached hydrogen (secondary N) is 1. The van der Waals surface area contributed by atoms with E-state index in [-0.39, 0.29) is 0 Å². The van der Waals surface area contributed by atoms with Crippen LogP contribution in [0.1, 0.15) is 41.7 Å². The van der Waals surface area contributed by atoms with Crippen LogP contribution in [0.15, 0.2) is 22.7 Å². The summed E-state index contributed by atoms with van der Waals surface area (Å²) in [6.07, 6.45) is 4.27. The summed E-state index contributed by atoms with van der Waals surface area (Å²) in [6, 6.07) is 6.79. The van der Waals surface area contributed by atoms with Gasteiger partial charge >= 0.3 is 0 Å². The fraction of sp³-hybridized carbons (Fsp3) is 0.500. The summed E-state index contributed by atoms with van der Waals surface area (Å²) < 4.78 is 10.4. The number of hydrogen-bond acceptors (Lipinski definition) is 5. The number of ether oxygens (including phenoxy) is 1. The highest BCUT2D eigenvalue weighted by Crippen LogP contribution is 2.32. The summed E-state index contributed by atoms with van der Waals surface area (Å²) in [4.78, 5) is 4.23. The van der Waals surface area contributed by atoms with Crippen molar-refractivity contribution in [3.05, 3.63) is 41.0 Å². The van der Waals surface area contributed by atoms with Crippen molar-refractivity contribution in [2.75, 3.05) is 13.7 Å². The molecular formula is C16H21N3O2. The molecule has 1 unspecified atom stereocenters. The van der Waals surface area contributed by atoms with Crippen LogP contribution in [0.2, 0.25) is 0 Å². The van der Waals surface area contributed by atoms with Crippen molar-refractivity contribution in [1.29, 1.82) is 0 Å². The van der Waals surface area contributed by atoms with Crippen molar-refractivity contribution >= 4 is 0 Å². The van der Waals surface area contributed by atoms with Crippen molar-refractivity contribution < 1.29 is 9.26 Å². The zero-order chi connectivity index (χ0) is 14.7. The number of aryl methyl sites for hydroxylation is 2. The normalized spacial score (nSPS) is 17.5. The predicted molar refractivity (Wildman–Crippen MR) is 79.4 cm³/mol. The number of methoxy groups -OCH3 is 1. The number of fused-ring (bicyclic) bond motifs is 1. The van der Waals surface area contributed by atoms with E-state index < -0.39 is 0 Å². The lowest BCUT2D eigenvalue weighted by Crippen LogP contribution is -2.27. The van der Waals surface area contributed by atoms with E-state index in [0.29, 0.717) is 17.8 Å². The second kappa shape index (κ2) is 6.26.